The van der Waals surface area contributed by atoms with Gasteiger partial charge in [-0.2, -0.15) is 5.26 Å². The quantitative estimate of drug-likeness (QED) is 0.826. The molecule has 0 saturated heterocycles. The SMILES string of the molecule is CN(C(=O)c1ccc(C#N)cn1)c1cccc(N)c1. The molecule has 1 heterocycles. The Bertz CT molecular complexity index is 643. The maximum Gasteiger partial charge on any atom is 0.276 e. The van der Waals surface area contributed by atoms with Crippen molar-refractivity contribution in [3.05, 3.63) is 53.9 Å². The topological polar surface area (TPSA) is 83.0 Å². The third kappa shape index (κ3) is 2.69. The number of nitriles is 1. The minimum atomic E-state index is -0.255. The van der Waals surface area contributed by atoms with Crippen LogP contribution in [0.4, 0.5) is 11.4 Å². The molecule has 0 bridgehead atoms. The van der Waals surface area contributed by atoms with E-state index in [9.17, 15) is 4.79 Å². The molecule has 0 aliphatic heterocycles. The molecule has 2 rings (SSSR count). The van der Waals surface area contributed by atoms with E-state index in [0.29, 0.717) is 16.9 Å². The van der Waals surface area contributed by atoms with Crippen LogP contribution in [0.2, 0.25) is 0 Å². The zero-order chi connectivity index (χ0) is 13.8. The lowest BCUT2D eigenvalue weighted by molar-refractivity contribution is 0.0988. The van der Waals surface area contributed by atoms with Gasteiger partial charge < -0.3 is 10.6 Å². The molecule has 2 N–H and O–H groups in total. The number of amides is 1. The van der Waals surface area contributed by atoms with Gasteiger partial charge in [-0.25, -0.2) is 4.98 Å². The maximum atomic E-state index is 12.2. The third-order valence-electron chi connectivity index (χ3n) is 2.67. The van der Waals surface area contributed by atoms with Gasteiger partial charge in [0.2, 0.25) is 0 Å². The number of hydrogen-bond acceptors (Lipinski definition) is 4. The average Bonchev–Trinajstić information content (AvgIpc) is 2.46. The minimum absolute atomic E-state index is 0.255. The van der Waals surface area contributed by atoms with Crippen molar-refractivity contribution in [1.29, 1.82) is 5.26 Å². The lowest BCUT2D eigenvalue weighted by atomic mass is 10.2. The highest BCUT2D eigenvalue weighted by Gasteiger charge is 2.14. The highest BCUT2D eigenvalue weighted by Crippen LogP contribution is 2.17. The van der Waals surface area contributed by atoms with Crippen LogP contribution in [0.1, 0.15) is 16.1 Å². The Kier molecular flexibility index (Phi) is 3.44. The summed E-state index contributed by atoms with van der Waals surface area (Å²) in [5.41, 5.74) is 7.66. The van der Waals surface area contributed by atoms with Gasteiger partial charge in [-0.05, 0) is 30.3 Å². The molecule has 0 spiro atoms. The molecule has 2 aromatic rings. The van der Waals surface area contributed by atoms with Crippen LogP contribution in [0, 0.1) is 11.3 Å². The van der Waals surface area contributed by atoms with Crippen LogP contribution in [-0.2, 0) is 0 Å². The fraction of sp³-hybridized carbons (Fsp3) is 0.0714. The maximum absolute atomic E-state index is 12.2. The van der Waals surface area contributed by atoms with E-state index in [1.54, 1.807) is 37.4 Å². The molecule has 5 heteroatoms. The van der Waals surface area contributed by atoms with Gasteiger partial charge >= 0.3 is 0 Å². The first-order chi connectivity index (χ1) is 9.11. The van der Waals surface area contributed by atoms with E-state index < -0.39 is 0 Å². The van der Waals surface area contributed by atoms with E-state index in [4.69, 9.17) is 11.0 Å². The van der Waals surface area contributed by atoms with Crippen LogP contribution in [0.15, 0.2) is 42.6 Å². The number of nitrogen functional groups attached to an aromatic ring is 1. The molecule has 0 saturated carbocycles. The molecule has 0 radical (unpaired) electrons. The van der Waals surface area contributed by atoms with Crippen molar-refractivity contribution < 1.29 is 4.79 Å². The number of carbonyl (C=O) groups excluding carboxylic acids is 1. The third-order valence-corrected chi connectivity index (χ3v) is 2.67. The average molecular weight is 252 g/mol. The van der Waals surface area contributed by atoms with Crippen molar-refractivity contribution in [3.63, 3.8) is 0 Å². The Labute approximate surface area is 110 Å². The summed E-state index contributed by atoms with van der Waals surface area (Å²) in [7, 11) is 1.65. The number of aromatic nitrogens is 1. The summed E-state index contributed by atoms with van der Waals surface area (Å²) >= 11 is 0. The zero-order valence-corrected chi connectivity index (χ0v) is 10.4. The molecule has 0 atom stereocenters. The molecule has 1 aromatic heterocycles. The van der Waals surface area contributed by atoms with E-state index in [0.717, 1.165) is 0 Å². The van der Waals surface area contributed by atoms with E-state index in [2.05, 4.69) is 4.98 Å². The zero-order valence-electron chi connectivity index (χ0n) is 10.4. The Morgan fingerprint density at radius 3 is 2.74 bits per heavy atom. The van der Waals surface area contributed by atoms with Crippen LogP contribution < -0.4 is 10.6 Å². The first kappa shape index (κ1) is 12.6. The number of rotatable bonds is 2. The number of benzene rings is 1. The second kappa shape index (κ2) is 5.19. The molecule has 0 aliphatic carbocycles. The van der Waals surface area contributed by atoms with Crippen LogP contribution in [0.5, 0.6) is 0 Å². The molecular weight excluding hydrogens is 240 g/mol. The molecule has 5 nitrogen and oxygen atoms in total. The molecule has 0 aliphatic rings. The van der Waals surface area contributed by atoms with E-state index in [1.165, 1.54) is 17.2 Å². The van der Waals surface area contributed by atoms with E-state index >= 15 is 0 Å². The Morgan fingerprint density at radius 2 is 2.16 bits per heavy atom. The Balaban J connectivity index is 2.26. The highest BCUT2D eigenvalue weighted by atomic mass is 16.2. The van der Waals surface area contributed by atoms with Crippen LogP contribution in [0.25, 0.3) is 0 Å². The summed E-state index contributed by atoms with van der Waals surface area (Å²) in [6, 6.07) is 12.1. The van der Waals surface area contributed by atoms with Gasteiger partial charge in [0, 0.05) is 24.6 Å². The molecule has 1 aromatic carbocycles. The fourth-order valence-electron chi connectivity index (χ4n) is 1.61. The molecule has 19 heavy (non-hydrogen) atoms. The van der Waals surface area contributed by atoms with Crippen LogP contribution in [-0.4, -0.2) is 17.9 Å². The van der Waals surface area contributed by atoms with Crippen molar-refractivity contribution in [2.45, 2.75) is 0 Å². The summed E-state index contributed by atoms with van der Waals surface area (Å²) < 4.78 is 0. The van der Waals surface area contributed by atoms with Gasteiger partial charge in [0.15, 0.2) is 0 Å². The van der Waals surface area contributed by atoms with Gasteiger partial charge in [-0.15, -0.1) is 0 Å². The lowest BCUT2D eigenvalue weighted by Gasteiger charge is -2.17. The van der Waals surface area contributed by atoms with Crippen molar-refractivity contribution >= 4 is 17.3 Å². The van der Waals surface area contributed by atoms with E-state index in [1.807, 2.05) is 6.07 Å². The number of carbonyl (C=O) groups is 1. The summed E-state index contributed by atoms with van der Waals surface area (Å²) in [6.45, 7) is 0. The molecular formula is C14H12N4O. The first-order valence-corrected chi connectivity index (χ1v) is 5.61. The van der Waals surface area contributed by atoms with Crippen LogP contribution >= 0.6 is 0 Å². The van der Waals surface area contributed by atoms with Gasteiger partial charge in [0.1, 0.15) is 11.8 Å². The number of hydrogen-bond donors (Lipinski definition) is 1. The van der Waals surface area contributed by atoms with Crippen molar-refractivity contribution in [3.8, 4) is 6.07 Å². The normalized spacial score (nSPS) is 9.68. The van der Waals surface area contributed by atoms with Crippen molar-refractivity contribution in [1.82, 2.24) is 4.98 Å². The Morgan fingerprint density at radius 1 is 1.37 bits per heavy atom. The molecule has 0 unspecified atom stereocenters. The molecule has 94 valence electrons. The van der Waals surface area contributed by atoms with Gasteiger partial charge in [-0.3, -0.25) is 4.79 Å². The monoisotopic (exact) mass is 252 g/mol. The fourth-order valence-corrected chi connectivity index (χ4v) is 1.61. The lowest BCUT2D eigenvalue weighted by Crippen LogP contribution is -2.27. The van der Waals surface area contributed by atoms with Crippen molar-refractivity contribution in [2.24, 2.45) is 0 Å². The number of anilines is 2. The second-order valence-corrected chi connectivity index (χ2v) is 4.00. The minimum Gasteiger partial charge on any atom is -0.399 e. The largest absolute Gasteiger partial charge is 0.399 e. The highest BCUT2D eigenvalue weighted by molar-refractivity contribution is 6.04. The summed E-state index contributed by atoms with van der Waals surface area (Å²) in [5, 5.41) is 8.69. The Hall–Kier alpha value is -2.87. The number of nitrogens with zero attached hydrogens (tertiary/aromatic N) is 3. The number of nitrogens with two attached hydrogens (primary N) is 1. The molecule has 1 amide bonds. The van der Waals surface area contributed by atoms with E-state index in [-0.39, 0.29) is 11.6 Å². The second-order valence-electron chi connectivity index (χ2n) is 4.00. The van der Waals surface area contributed by atoms with Crippen molar-refractivity contribution in [2.75, 3.05) is 17.7 Å². The predicted octanol–water partition coefficient (Wildman–Crippen LogP) is 1.81. The predicted molar refractivity (Wildman–Crippen MR) is 72.5 cm³/mol. The van der Waals surface area contributed by atoms with Gasteiger partial charge in [-0.1, -0.05) is 6.07 Å². The number of pyridine rings is 1. The standard InChI is InChI=1S/C14H12N4O/c1-18(12-4-2-3-11(16)7-12)14(19)13-6-5-10(8-15)9-17-13/h2-7,9H,16H2,1H3. The van der Waals surface area contributed by atoms with Gasteiger partial charge in [0.05, 0.1) is 5.56 Å². The summed E-state index contributed by atoms with van der Waals surface area (Å²) in [6.07, 6.45) is 1.38. The smallest absolute Gasteiger partial charge is 0.276 e. The summed E-state index contributed by atoms with van der Waals surface area (Å²) in [4.78, 5) is 17.6. The first-order valence-electron chi connectivity index (χ1n) is 5.61. The van der Waals surface area contributed by atoms with Gasteiger partial charge in [0.25, 0.3) is 5.91 Å². The summed E-state index contributed by atoms with van der Waals surface area (Å²) in [5.74, 6) is -0.255. The molecule has 0 fully saturated rings. The van der Waals surface area contributed by atoms with Crippen LogP contribution in [0.3, 0.4) is 0 Å².